The highest BCUT2D eigenvalue weighted by molar-refractivity contribution is 9.10. The number of halogens is 2. The van der Waals surface area contributed by atoms with Crippen LogP contribution in [-0.4, -0.2) is 13.7 Å². The summed E-state index contributed by atoms with van der Waals surface area (Å²) >= 11 is 3.65. The van der Waals surface area contributed by atoms with Crippen LogP contribution in [0, 0.1) is 0 Å². The number of para-hydroxylation sites is 1. The van der Waals surface area contributed by atoms with E-state index in [9.17, 15) is 0 Å². The van der Waals surface area contributed by atoms with Crippen molar-refractivity contribution in [2.24, 2.45) is 0 Å². The van der Waals surface area contributed by atoms with Gasteiger partial charge in [-0.3, -0.25) is 0 Å². The highest BCUT2D eigenvalue weighted by Gasteiger charge is 2.13. The summed E-state index contributed by atoms with van der Waals surface area (Å²) in [6.07, 6.45) is 0. The summed E-state index contributed by atoms with van der Waals surface area (Å²) in [4.78, 5) is 0. The van der Waals surface area contributed by atoms with Crippen molar-refractivity contribution in [3.8, 4) is 17.2 Å². The van der Waals surface area contributed by atoms with E-state index >= 15 is 0 Å². The molecule has 1 N–H and O–H groups in total. The third-order valence-corrected chi connectivity index (χ3v) is 5.02. The second-order valence-corrected chi connectivity index (χ2v) is 7.38. The molecule has 0 aliphatic rings. The van der Waals surface area contributed by atoms with Crippen LogP contribution >= 0.6 is 28.3 Å². The SMILES string of the molecule is CCOc1cc(CNCc2ccccc2OC)cc(Br)c1OCc1ccccc1.Cl. The van der Waals surface area contributed by atoms with Gasteiger partial charge in [-0.15, -0.1) is 12.4 Å². The van der Waals surface area contributed by atoms with Gasteiger partial charge in [0.1, 0.15) is 12.4 Å². The fourth-order valence-corrected chi connectivity index (χ4v) is 3.65. The molecule has 0 aliphatic heterocycles. The molecule has 3 aromatic rings. The molecule has 0 unspecified atom stereocenters. The molecule has 0 amide bonds. The highest BCUT2D eigenvalue weighted by atomic mass is 79.9. The molecule has 3 aromatic carbocycles. The molecule has 6 heteroatoms. The zero-order valence-electron chi connectivity index (χ0n) is 17.2. The fourth-order valence-electron chi connectivity index (χ4n) is 3.05. The second-order valence-electron chi connectivity index (χ2n) is 6.53. The first kappa shape index (κ1) is 24.1. The Labute approximate surface area is 193 Å². The van der Waals surface area contributed by atoms with Crippen molar-refractivity contribution < 1.29 is 14.2 Å². The Morgan fingerprint density at radius 1 is 0.833 bits per heavy atom. The lowest BCUT2D eigenvalue weighted by Crippen LogP contribution is -2.13. The Hall–Kier alpha value is -2.21. The van der Waals surface area contributed by atoms with Crippen molar-refractivity contribution in [3.05, 3.63) is 87.9 Å². The molecule has 0 radical (unpaired) electrons. The largest absolute Gasteiger partial charge is 0.496 e. The first-order valence-corrected chi connectivity index (χ1v) is 10.4. The summed E-state index contributed by atoms with van der Waals surface area (Å²) in [5.74, 6) is 2.36. The topological polar surface area (TPSA) is 39.7 Å². The van der Waals surface area contributed by atoms with Crippen LogP contribution in [0.15, 0.2) is 71.2 Å². The van der Waals surface area contributed by atoms with Crippen molar-refractivity contribution in [1.29, 1.82) is 0 Å². The Balaban J connectivity index is 0.00000320. The average Bonchev–Trinajstić information content (AvgIpc) is 2.74. The van der Waals surface area contributed by atoms with Crippen LogP contribution < -0.4 is 19.5 Å². The van der Waals surface area contributed by atoms with Gasteiger partial charge in [-0.2, -0.15) is 0 Å². The van der Waals surface area contributed by atoms with Gasteiger partial charge in [0, 0.05) is 18.7 Å². The Morgan fingerprint density at radius 2 is 1.57 bits per heavy atom. The van der Waals surface area contributed by atoms with Gasteiger partial charge >= 0.3 is 0 Å². The highest BCUT2D eigenvalue weighted by Crippen LogP contribution is 2.37. The van der Waals surface area contributed by atoms with Crippen molar-refractivity contribution >= 4 is 28.3 Å². The van der Waals surface area contributed by atoms with Gasteiger partial charge in [-0.1, -0.05) is 48.5 Å². The minimum Gasteiger partial charge on any atom is -0.496 e. The van der Waals surface area contributed by atoms with Gasteiger partial charge in [-0.25, -0.2) is 0 Å². The minimum absolute atomic E-state index is 0. The number of methoxy groups -OCH3 is 1. The zero-order chi connectivity index (χ0) is 20.5. The van der Waals surface area contributed by atoms with Gasteiger partial charge < -0.3 is 19.5 Å². The van der Waals surface area contributed by atoms with Crippen LogP contribution in [0.2, 0.25) is 0 Å². The maximum atomic E-state index is 6.06. The zero-order valence-corrected chi connectivity index (χ0v) is 19.6. The second kappa shape index (κ2) is 12.5. The Kier molecular flexibility index (Phi) is 10.0. The van der Waals surface area contributed by atoms with E-state index in [0.717, 1.165) is 45.0 Å². The first-order chi connectivity index (χ1) is 14.2. The summed E-state index contributed by atoms with van der Waals surface area (Å²) in [5.41, 5.74) is 3.36. The van der Waals surface area contributed by atoms with E-state index in [1.807, 2.05) is 61.5 Å². The van der Waals surface area contributed by atoms with Crippen LogP contribution in [0.1, 0.15) is 23.6 Å². The molecular weight excluding hydrogens is 466 g/mol. The first-order valence-electron chi connectivity index (χ1n) is 9.65. The molecule has 0 fully saturated rings. The fraction of sp³-hybridized carbons (Fsp3) is 0.250. The molecule has 0 aliphatic carbocycles. The summed E-state index contributed by atoms with van der Waals surface area (Å²) in [7, 11) is 1.69. The Bertz CT molecular complexity index is 922. The number of benzene rings is 3. The van der Waals surface area contributed by atoms with Gasteiger partial charge in [0.2, 0.25) is 0 Å². The van der Waals surface area contributed by atoms with E-state index in [2.05, 4.69) is 33.4 Å². The number of rotatable bonds is 10. The van der Waals surface area contributed by atoms with E-state index in [0.29, 0.717) is 19.8 Å². The van der Waals surface area contributed by atoms with Gasteiger partial charge in [-0.05, 0) is 52.2 Å². The number of hydrogen-bond donors (Lipinski definition) is 1. The van der Waals surface area contributed by atoms with Gasteiger partial charge in [0.15, 0.2) is 11.5 Å². The predicted octanol–water partition coefficient (Wildman–Crippen LogP) is 6.15. The maximum absolute atomic E-state index is 6.06. The molecule has 0 saturated heterocycles. The Morgan fingerprint density at radius 3 is 2.30 bits per heavy atom. The van der Waals surface area contributed by atoms with Gasteiger partial charge in [0.25, 0.3) is 0 Å². The van der Waals surface area contributed by atoms with Crippen LogP contribution in [0.3, 0.4) is 0 Å². The lowest BCUT2D eigenvalue weighted by atomic mass is 10.1. The van der Waals surface area contributed by atoms with E-state index in [-0.39, 0.29) is 12.4 Å². The van der Waals surface area contributed by atoms with Crippen LogP contribution in [0.4, 0.5) is 0 Å². The van der Waals surface area contributed by atoms with Crippen LogP contribution in [0.5, 0.6) is 17.2 Å². The van der Waals surface area contributed by atoms with Crippen molar-refractivity contribution in [1.82, 2.24) is 5.32 Å². The van der Waals surface area contributed by atoms with Crippen LogP contribution in [-0.2, 0) is 19.7 Å². The standard InChI is InChI=1S/C24H26BrNO3.ClH/c1-3-28-23-14-19(15-26-16-20-11-7-8-12-22(20)27-2)13-21(25)24(23)29-17-18-9-5-4-6-10-18;/h4-14,26H,3,15-17H2,1-2H3;1H. The average molecular weight is 493 g/mol. The molecular formula is C24H27BrClNO3. The molecule has 0 saturated carbocycles. The summed E-state index contributed by atoms with van der Waals surface area (Å²) in [6.45, 7) is 4.46. The quantitative estimate of drug-likeness (QED) is 0.369. The van der Waals surface area contributed by atoms with E-state index in [1.54, 1.807) is 7.11 Å². The van der Waals surface area contributed by atoms with Crippen molar-refractivity contribution in [2.75, 3.05) is 13.7 Å². The molecule has 3 rings (SSSR count). The third kappa shape index (κ3) is 6.66. The predicted molar refractivity (Wildman–Crippen MR) is 127 cm³/mol. The third-order valence-electron chi connectivity index (χ3n) is 4.43. The summed E-state index contributed by atoms with van der Waals surface area (Å²) in [6, 6.07) is 22.2. The smallest absolute Gasteiger partial charge is 0.175 e. The van der Waals surface area contributed by atoms with E-state index in [1.165, 1.54) is 0 Å². The number of hydrogen-bond acceptors (Lipinski definition) is 4. The van der Waals surface area contributed by atoms with Gasteiger partial charge in [0.05, 0.1) is 18.2 Å². The van der Waals surface area contributed by atoms with Crippen molar-refractivity contribution in [2.45, 2.75) is 26.6 Å². The number of ether oxygens (including phenoxy) is 3. The summed E-state index contributed by atoms with van der Waals surface area (Å²) < 4.78 is 18.2. The van der Waals surface area contributed by atoms with Crippen molar-refractivity contribution in [3.63, 3.8) is 0 Å². The lowest BCUT2D eigenvalue weighted by molar-refractivity contribution is 0.267. The molecule has 4 nitrogen and oxygen atoms in total. The number of nitrogens with one attached hydrogen (secondary N) is 1. The van der Waals surface area contributed by atoms with Crippen LogP contribution in [0.25, 0.3) is 0 Å². The van der Waals surface area contributed by atoms with E-state index < -0.39 is 0 Å². The lowest BCUT2D eigenvalue weighted by Gasteiger charge is -2.16. The minimum atomic E-state index is 0. The molecule has 0 heterocycles. The monoisotopic (exact) mass is 491 g/mol. The normalized spacial score (nSPS) is 10.2. The molecule has 0 bridgehead atoms. The van der Waals surface area contributed by atoms with E-state index in [4.69, 9.17) is 14.2 Å². The molecule has 0 spiro atoms. The molecule has 160 valence electrons. The maximum Gasteiger partial charge on any atom is 0.175 e. The summed E-state index contributed by atoms with van der Waals surface area (Å²) in [5, 5.41) is 3.47. The molecule has 0 atom stereocenters. The molecule has 30 heavy (non-hydrogen) atoms. The molecule has 0 aromatic heterocycles.